The first-order valence-corrected chi connectivity index (χ1v) is 4.55. The maximum atomic E-state index is 10.9. The summed E-state index contributed by atoms with van der Waals surface area (Å²) < 4.78 is 0. The molecule has 18 heavy (non-hydrogen) atoms. The zero-order chi connectivity index (χ0) is 13.5. The zero-order valence-corrected chi connectivity index (χ0v) is 8.89. The number of benzene rings is 1. The number of carboxylic acids is 1. The molecule has 1 rings (SSSR count). The minimum atomic E-state index is -1.12. The zero-order valence-electron chi connectivity index (χ0n) is 8.89. The highest BCUT2D eigenvalue weighted by atomic mass is 16.5. The van der Waals surface area contributed by atoms with E-state index in [0.29, 0.717) is 5.01 Å². The molecule has 0 aliphatic carbocycles. The summed E-state index contributed by atoms with van der Waals surface area (Å²) in [4.78, 5) is 31.0. The summed E-state index contributed by atoms with van der Waals surface area (Å²) >= 11 is 0. The van der Waals surface area contributed by atoms with Gasteiger partial charge in [-0.2, -0.15) is 5.43 Å². The second-order valence-electron chi connectivity index (χ2n) is 2.91. The predicted molar refractivity (Wildman–Crippen MR) is 57.2 cm³/mol. The molecular formula is C9H8N4O5. The Kier molecular flexibility index (Phi) is 4.32. The Bertz CT molecular complexity index is 484. The number of amides is 2. The molecule has 0 heterocycles. The van der Waals surface area contributed by atoms with Crippen molar-refractivity contribution in [3.05, 3.63) is 35.0 Å². The summed E-state index contributed by atoms with van der Waals surface area (Å²) in [7, 11) is 0. The maximum Gasteiger partial charge on any atom is 0.335 e. The Morgan fingerprint density at radius 3 is 2.44 bits per heavy atom. The Labute approximate surface area is 100 Å². The Hall–Kier alpha value is -2.97. The molecule has 9 nitrogen and oxygen atoms in total. The number of carbonyl (C=O) groups excluding carboxylic acids is 2. The van der Waals surface area contributed by atoms with E-state index in [-0.39, 0.29) is 29.0 Å². The average molecular weight is 252 g/mol. The van der Waals surface area contributed by atoms with Crippen molar-refractivity contribution in [3.63, 3.8) is 0 Å². The number of nitrogens with one attached hydrogen (secondary N) is 1. The third-order valence-corrected chi connectivity index (χ3v) is 1.82. The van der Waals surface area contributed by atoms with Crippen molar-refractivity contribution in [1.29, 1.82) is 0 Å². The molecular weight excluding hydrogens is 244 g/mol. The van der Waals surface area contributed by atoms with Crippen molar-refractivity contribution in [2.24, 2.45) is 5.22 Å². The fraction of sp³-hybridized carbons (Fsp3) is 0. The van der Waals surface area contributed by atoms with Gasteiger partial charge in [-0.25, -0.2) is 9.59 Å². The summed E-state index contributed by atoms with van der Waals surface area (Å²) in [5, 5.41) is 23.4. The molecule has 0 unspecified atom stereocenters. The van der Waals surface area contributed by atoms with E-state index in [9.17, 15) is 19.6 Å². The number of hydrogen-bond acceptors (Lipinski definition) is 5. The summed E-state index contributed by atoms with van der Waals surface area (Å²) in [6.45, 7) is 0. The standard InChI is InChI=1S/C9H8N4O5/c14-5-10-13(18)11-12(6-15)8-3-1-7(2-4-8)9(16)17/h1-6H,(H,16,17)(H,10,11,14). The number of anilines is 1. The van der Waals surface area contributed by atoms with Crippen LogP contribution in [0.25, 0.3) is 0 Å². The number of rotatable bonds is 6. The largest absolute Gasteiger partial charge is 0.672 e. The van der Waals surface area contributed by atoms with Gasteiger partial charge in [0.05, 0.1) is 5.56 Å². The van der Waals surface area contributed by atoms with E-state index in [0.717, 1.165) is 0 Å². The molecule has 0 spiro atoms. The van der Waals surface area contributed by atoms with E-state index >= 15 is 0 Å². The van der Waals surface area contributed by atoms with Crippen LogP contribution in [0.1, 0.15) is 10.4 Å². The second kappa shape index (κ2) is 5.94. The van der Waals surface area contributed by atoms with Gasteiger partial charge in [0.15, 0.2) is 5.69 Å². The molecule has 0 aliphatic rings. The van der Waals surface area contributed by atoms with Crippen LogP contribution in [-0.2, 0) is 9.59 Å². The van der Waals surface area contributed by atoms with Gasteiger partial charge in [0.2, 0.25) is 6.41 Å². The highest BCUT2D eigenvalue weighted by Crippen LogP contribution is 2.14. The molecule has 0 radical (unpaired) electrons. The SMILES string of the molecule is O=CN[N+]([O-])=NN(C=O)c1ccc(C(=O)O)cc1. The maximum absolute atomic E-state index is 10.9. The summed E-state index contributed by atoms with van der Waals surface area (Å²) in [6.07, 6.45) is 0.320. The van der Waals surface area contributed by atoms with Crippen LogP contribution in [0.5, 0.6) is 0 Å². The Balaban J connectivity index is 2.95. The predicted octanol–water partition coefficient (Wildman–Crippen LogP) is -0.114. The van der Waals surface area contributed by atoms with E-state index in [2.05, 4.69) is 5.22 Å². The Morgan fingerprint density at radius 2 is 2.00 bits per heavy atom. The smallest absolute Gasteiger partial charge is 0.335 e. The van der Waals surface area contributed by atoms with Gasteiger partial charge in [-0.1, -0.05) is 5.01 Å². The number of carbonyl (C=O) groups is 3. The van der Waals surface area contributed by atoms with Crippen LogP contribution in [0.4, 0.5) is 5.69 Å². The molecule has 0 fully saturated rings. The number of carboxylic acid groups (broad SMARTS) is 1. The minimum absolute atomic E-state index is 0.0228. The van der Waals surface area contributed by atoms with Crippen LogP contribution in [0.2, 0.25) is 0 Å². The van der Waals surface area contributed by atoms with Crippen molar-refractivity contribution in [2.75, 3.05) is 5.01 Å². The van der Waals surface area contributed by atoms with Crippen molar-refractivity contribution < 1.29 is 24.5 Å². The lowest BCUT2D eigenvalue weighted by molar-refractivity contribution is -0.575. The minimum Gasteiger partial charge on any atom is -0.672 e. The van der Waals surface area contributed by atoms with Crippen molar-refractivity contribution >= 4 is 24.5 Å². The van der Waals surface area contributed by atoms with Crippen LogP contribution < -0.4 is 10.4 Å². The lowest BCUT2D eigenvalue weighted by Gasteiger charge is -2.06. The normalized spacial score (nSPS) is 10.6. The fourth-order valence-electron chi connectivity index (χ4n) is 1.05. The van der Waals surface area contributed by atoms with Gasteiger partial charge in [-0.3, -0.25) is 4.79 Å². The molecule has 2 amide bonds. The first kappa shape index (κ1) is 13.1. The molecule has 0 aliphatic heterocycles. The quantitative estimate of drug-likeness (QED) is 0.316. The third-order valence-electron chi connectivity index (χ3n) is 1.82. The van der Waals surface area contributed by atoms with Gasteiger partial charge >= 0.3 is 12.4 Å². The highest BCUT2D eigenvalue weighted by Gasteiger charge is 2.13. The van der Waals surface area contributed by atoms with Gasteiger partial charge in [0.1, 0.15) is 5.22 Å². The second-order valence-corrected chi connectivity index (χ2v) is 2.91. The van der Waals surface area contributed by atoms with Gasteiger partial charge < -0.3 is 10.3 Å². The van der Waals surface area contributed by atoms with Crippen molar-refractivity contribution in [1.82, 2.24) is 5.43 Å². The number of nitrogens with zero attached hydrogens (tertiary/aromatic N) is 3. The highest BCUT2D eigenvalue weighted by molar-refractivity contribution is 5.88. The monoisotopic (exact) mass is 252 g/mol. The number of aromatic carboxylic acids is 1. The Morgan fingerprint density at radius 1 is 1.39 bits per heavy atom. The molecule has 1 aromatic rings. The van der Waals surface area contributed by atoms with Gasteiger partial charge in [-0.05, 0) is 29.2 Å². The lowest BCUT2D eigenvalue weighted by Crippen LogP contribution is -2.26. The number of hydrazine groups is 1. The van der Waals surface area contributed by atoms with Crippen LogP contribution in [0, 0.1) is 5.21 Å². The van der Waals surface area contributed by atoms with E-state index in [1.807, 2.05) is 0 Å². The first-order valence-electron chi connectivity index (χ1n) is 4.55. The first-order chi connectivity index (χ1) is 8.58. The van der Waals surface area contributed by atoms with Crippen LogP contribution in [-0.4, -0.2) is 28.9 Å². The van der Waals surface area contributed by atoms with Gasteiger partial charge in [0.25, 0.3) is 0 Å². The summed E-state index contributed by atoms with van der Waals surface area (Å²) in [5.41, 5.74) is 1.84. The molecule has 2 N–H and O–H groups in total. The van der Waals surface area contributed by atoms with E-state index in [4.69, 9.17) is 5.11 Å². The molecule has 0 atom stereocenters. The van der Waals surface area contributed by atoms with E-state index in [1.54, 1.807) is 5.43 Å². The topological polar surface area (TPSA) is 125 Å². The van der Waals surface area contributed by atoms with Crippen molar-refractivity contribution in [3.8, 4) is 0 Å². The van der Waals surface area contributed by atoms with Gasteiger partial charge in [0, 0.05) is 0 Å². The molecule has 1 aromatic carbocycles. The fourth-order valence-corrected chi connectivity index (χ4v) is 1.05. The lowest BCUT2D eigenvalue weighted by atomic mass is 10.2. The van der Waals surface area contributed by atoms with Crippen LogP contribution in [0.3, 0.4) is 0 Å². The molecule has 0 saturated heterocycles. The van der Waals surface area contributed by atoms with Crippen molar-refractivity contribution in [2.45, 2.75) is 0 Å². The van der Waals surface area contributed by atoms with E-state index < -0.39 is 5.97 Å². The third kappa shape index (κ3) is 3.27. The van der Waals surface area contributed by atoms with Crippen LogP contribution in [0.15, 0.2) is 29.5 Å². The average Bonchev–Trinajstić information content (AvgIpc) is 2.36. The van der Waals surface area contributed by atoms with E-state index in [1.165, 1.54) is 24.3 Å². The molecule has 0 saturated carbocycles. The molecule has 94 valence electrons. The molecule has 9 heteroatoms. The summed E-state index contributed by atoms with van der Waals surface area (Å²) in [5.74, 6) is -1.12. The molecule has 0 aromatic heterocycles. The van der Waals surface area contributed by atoms with Gasteiger partial charge in [-0.15, -0.1) is 0 Å². The number of hydrogen-bond donors (Lipinski definition) is 2. The van der Waals surface area contributed by atoms with Crippen LogP contribution >= 0.6 is 0 Å². The molecule has 0 bridgehead atoms. The summed E-state index contributed by atoms with van der Waals surface area (Å²) in [6, 6.07) is 5.06.